The summed E-state index contributed by atoms with van der Waals surface area (Å²) in [5.41, 5.74) is 0.308. The zero-order chi connectivity index (χ0) is 18.8. The number of imide groups is 1. The fourth-order valence-corrected chi connectivity index (χ4v) is 4.64. The second kappa shape index (κ2) is 7.57. The Hall–Kier alpha value is -2.22. The summed E-state index contributed by atoms with van der Waals surface area (Å²) in [6, 6.07) is 1.66. The van der Waals surface area contributed by atoms with E-state index in [4.69, 9.17) is 4.74 Å². The molecule has 2 aliphatic rings. The zero-order valence-electron chi connectivity index (χ0n) is 14.9. The summed E-state index contributed by atoms with van der Waals surface area (Å²) in [7, 11) is 1.28. The summed E-state index contributed by atoms with van der Waals surface area (Å²) in [5.74, 6) is -1.55. The number of carbonyl (C=O) groups is 4. The molecule has 8 heteroatoms. The van der Waals surface area contributed by atoms with Gasteiger partial charge >= 0.3 is 5.97 Å². The molecule has 1 aliphatic heterocycles. The molecule has 0 radical (unpaired) electrons. The Labute approximate surface area is 155 Å². The number of fused-ring (bicyclic) bond motifs is 1. The number of nitrogens with one attached hydrogen (secondary N) is 1. The van der Waals surface area contributed by atoms with Crippen molar-refractivity contribution in [1.29, 1.82) is 0 Å². The minimum absolute atomic E-state index is 0.00841. The maximum atomic E-state index is 12.4. The third kappa shape index (κ3) is 3.51. The molecule has 0 bridgehead atoms. The van der Waals surface area contributed by atoms with Crippen LogP contribution in [0.4, 0.5) is 5.00 Å². The van der Waals surface area contributed by atoms with Gasteiger partial charge in [-0.05, 0) is 25.8 Å². The van der Waals surface area contributed by atoms with Crippen LogP contribution < -0.4 is 5.32 Å². The van der Waals surface area contributed by atoms with E-state index in [1.807, 2.05) is 6.92 Å². The van der Waals surface area contributed by atoms with Gasteiger partial charge in [0.1, 0.15) is 5.00 Å². The van der Waals surface area contributed by atoms with Crippen LogP contribution in [0.15, 0.2) is 6.07 Å². The number of ether oxygens (including phenoxy) is 1. The number of likely N-dealkylation sites (tertiary alicyclic amines) is 1. The first-order valence-electron chi connectivity index (χ1n) is 8.76. The van der Waals surface area contributed by atoms with Crippen molar-refractivity contribution in [3.63, 3.8) is 0 Å². The lowest BCUT2D eigenvalue weighted by molar-refractivity contribution is -0.140. The number of esters is 1. The van der Waals surface area contributed by atoms with Gasteiger partial charge in [0.2, 0.25) is 17.7 Å². The van der Waals surface area contributed by atoms with E-state index in [0.29, 0.717) is 10.6 Å². The molecule has 0 aromatic carbocycles. The molecule has 3 rings (SSSR count). The maximum absolute atomic E-state index is 12.4. The summed E-state index contributed by atoms with van der Waals surface area (Å²) < 4.78 is 4.71. The highest BCUT2D eigenvalue weighted by Gasteiger charge is 2.47. The van der Waals surface area contributed by atoms with Crippen LogP contribution in [-0.4, -0.2) is 42.2 Å². The molecule has 140 valence electrons. The second-order valence-corrected chi connectivity index (χ2v) is 7.97. The number of anilines is 1. The van der Waals surface area contributed by atoms with Gasteiger partial charge in [-0.1, -0.05) is 12.8 Å². The van der Waals surface area contributed by atoms with Crippen LogP contribution in [0.3, 0.4) is 0 Å². The average molecular weight is 378 g/mol. The Morgan fingerprint density at radius 2 is 1.85 bits per heavy atom. The molecule has 1 aliphatic carbocycles. The molecule has 1 aromatic heterocycles. The lowest BCUT2D eigenvalue weighted by atomic mass is 9.81. The Balaban J connectivity index is 1.60. The van der Waals surface area contributed by atoms with E-state index >= 15 is 0 Å². The molecule has 0 unspecified atom stereocenters. The van der Waals surface area contributed by atoms with Crippen molar-refractivity contribution in [1.82, 2.24) is 4.90 Å². The first kappa shape index (κ1) is 18.6. The number of hydrogen-bond acceptors (Lipinski definition) is 6. The minimum Gasteiger partial charge on any atom is -0.465 e. The van der Waals surface area contributed by atoms with Crippen LogP contribution in [0.1, 0.15) is 47.3 Å². The van der Waals surface area contributed by atoms with E-state index in [0.717, 1.165) is 30.6 Å². The van der Waals surface area contributed by atoms with Crippen molar-refractivity contribution in [2.24, 2.45) is 11.8 Å². The van der Waals surface area contributed by atoms with E-state index in [1.54, 1.807) is 6.07 Å². The van der Waals surface area contributed by atoms with Crippen molar-refractivity contribution in [2.45, 2.75) is 39.0 Å². The van der Waals surface area contributed by atoms with Gasteiger partial charge < -0.3 is 10.1 Å². The lowest BCUT2D eigenvalue weighted by Crippen LogP contribution is -2.34. The van der Waals surface area contributed by atoms with Crippen molar-refractivity contribution in [3.8, 4) is 0 Å². The number of hydrogen-bond donors (Lipinski definition) is 1. The summed E-state index contributed by atoms with van der Waals surface area (Å²) in [5, 5.41) is 3.12. The van der Waals surface area contributed by atoms with Crippen LogP contribution in [-0.2, 0) is 19.1 Å². The van der Waals surface area contributed by atoms with Crippen molar-refractivity contribution in [2.75, 3.05) is 19.0 Å². The van der Waals surface area contributed by atoms with Gasteiger partial charge in [0, 0.05) is 17.8 Å². The zero-order valence-corrected chi connectivity index (χ0v) is 15.7. The van der Waals surface area contributed by atoms with Gasteiger partial charge in [-0.15, -0.1) is 11.3 Å². The standard InChI is InChI=1S/C18H22N2O5S/c1-10-9-13(18(24)25-2)15(26-10)19-14(21)7-8-20-16(22)11-5-3-4-6-12(11)17(20)23/h9,11-12H,3-8H2,1-2H3,(H,19,21)/t11-,12-/m0/s1. The van der Waals surface area contributed by atoms with Crippen LogP contribution in [0.25, 0.3) is 0 Å². The molecule has 26 heavy (non-hydrogen) atoms. The molecular weight excluding hydrogens is 356 g/mol. The third-order valence-corrected chi connectivity index (χ3v) is 5.97. The predicted octanol–water partition coefficient (Wildman–Crippen LogP) is 2.35. The first-order valence-corrected chi connectivity index (χ1v) is 9.58. The molecule has 7 nitrogen and oxygen atoms in total. The summed E-state index contributed by atoms with van der Waals surface area (Å²) >= 11 is 1.28. The van der Waals surface area contributed by atoms with Crippen molar-refractivity contribution < 1.29 is 23.9 Å². The molecule has 2 atom stereocenters. The topological polar surface area (TPSA) is 92.8 Å². The smallest absolute Gasteiger partial charge is 0.340 e. The molecule has 1 saturated heterocycles. The highest BCUT2D eigenvalue weighted by molar-refractivity contribution is 7.16. The van der Waals surface area contributed by atoms with Gasteiger partial charge in [-0.2, -0.15) is 0 Å². The summed E-state index contributed by atoms with van der Waals surface area (Å²) in [6.45, 7) is 1.91. The van der Waals surface area contributed by atoms with Gasteiger partial charge in [0.15, 0.2) is 0 Å². The Morgan fingerprint density at radius 1 is 1.23 bits per heavy atom. The monoisotopic (exact) mass is 378 g/mol. The van der Waals surface area contributed by atoms with Crippen LogP contribution in [0.5, 0.6) is 0 Å². The molecule has 0 spiro atoms. The highest BCUT2D eigenvalue weighted by Crippen LogP contribution is 2.38. The first-order chi connectivity index (χ1) is 12.4. The Morgan fingerprint density at radius 3 is 2.42 bits per heavy atom. The van der Waals surface area contributed by atoms with E-state index in [9.17, 15) is 19.2 Å². The van der Waals surface area contributed by atoms with E-state index < -0.39 is 5.97 Å². The molecule has 2 fully saturated rings. The van der Waals surface area contributed by atoms with Gasteiger partial charge in [-0.3, -0.25) is 19.3 Å². The molecule has 1 N–H and O–H groups in total. The summed E-state index contributed by atoms with van der Waals surface area (Å²) in [6.07, 6.45) is 3.48. The largest absolute Gasteiger partial charge is 0.465 e. The molecular formula is C18H22N2O5S. The predicted molar refractivity (Wildman–Crippen MR) is 95.8 cm³/mol. The number of nitrogens with zero attached hydrogens (tertiary/aromatic N) is 1. The van der Waals surface area contributed by atoms with Gasteiger partial charge in [-0.25, -0.2) is 4.79 Å². The fraction of sp³-hybridized carbons (Fsp3) is 0.556. The third-order valence-electron chi connectivity index (χ3n) is 5.01. The molecule has 1 saturated carbocycles. The van der Waals surface area contributed by atoms with E-state index in [1.165, 1.54) is 23.3 Å². The van der Waals surface area contributed by atoms with Crippen LogP contribution in [0, 0.1) is 18.8 Å². The maximum Gasteiger partial charge on any atom is 0.340 e. The van der Waals surface area contributed by atoms with Gasteiger partial charge in [0.25, 0.3) is 0 Å². The quantitative estimate of drug-likeness (QED) is 0.627. The highest BCUT2D eigenvalue weighted by atomic mass is 32.1. The molecule has 1 aromatic rings. The second-order valence-electron chi connectivity index (χ2n) is 6.72. The fourth-order valence-electron chi connectivity index (χ4n) is 3.72. The molecule has 2 heterocycles. The van der Waals surface area contributed by atoms with Crippen LogP contribution >= 0.6 is 11.3 Å². The Kier molecular flexibility index (Phi) is 5.41. The number of aryl methyl sites for hydroxylation is 1. The SMILES string of the molecule is COC(=O)c1cc(C)sc1NC(=O)CCN1C(=O)[C@H]2CCCC[C@@H]2C1=O. The van der Waals surface area contributed by atoms with Crippen molar-refractivity contribution in [3.05, 3.63) is 16.5 Å². The number of thiophene rings is 1. The van der Waals surface area contributed by atoms with Gasteiger partial charge in [0.05, 0.1) is 24.5 Å². The van der Waals surface area contributed by atoms with Crippen LogP contribution in [0.2, 0.25) is 0 Å². The number of rotatable bonds is 5. The number of methoxy groups -OCH3 is 1. The Bertz CT molecular complexity index is 733. The lowest BCUT2D eigenvalue weighted by Gasteiger charge is -2.19. The number of amides is 3. The average Bonchev–Trinajstić information content (AvgIpc) is 3.11. The van der Waals surface area contributed by atoms with Crippen molar-refractivity contribution >= 4 is 40.0 Å². The van der Waals surface area contributed by atoms with E-state index in [2.05, 4.69) is 5.32 Å². The van der Waals surface area contributed by atoms with E-state index in [-0.39, 0.29) is 42.5 Å². The minimum atomic E-state index is -0.515. The molecule has 3 amide bonds. The number of carbonyl (C=O) groups excluding carboxylic acids is 4. The summed E-state index contributed by atoms with van der Waals surface area (Å²) in [4.78, 5) is 51.0. The normalized spacial score (nSPS) is 22.3.